The van der Waals surface area contributed by atoms with Gasteiger partial charge in [-0.1, -0.05) is 6.07 Å². The first-order valence-electron chi connectivity index (χ1n) is 5.68. The summed E-state index contributed by atoms with van der Waals surface area (Å²) in [4.78, 5) is 19.7. The van der Waals surface area contributed by atoms with Gasteiger partial charge in [0.05, 0.1) is 0 Å². The number of oxazole rings is 1. The molecule has 0 unspecified atom stereocenters. The van der Waals surface area contributed by atoms with Crippen molar-refractivity contribution in [2.24, 2.45) is 7.05 Å². The zero-order chi connectivity index (χ0) is 13.6. The molecule has 0 saturated heterocycles. The maximum absolute atomic E-state index is 11.3. The third-order valence-electron chi connectivity index (χ3n) is 3.13. The molecule has 2 aromatic heterocycles. The minimum Gasteiger partial charge on any atom is -0.477 e. The Morgan fingerprint density at radius 1 is 1.42 bits per heavy atom. The van der Waals surface area contributed by atoms with Gasteiger partial charge in [0.15, 0.2) is 17.7 Å². The number of carbonyl (C=O) groups is 1. The molecule has 0 bridgehead atoms. The van der Waals surface area contributed by atoms with Gasteiger partial charge in [-0.15, -0.1) is 0 Å². The van der Waals surface area contributed by atoms with Gasteiger partial charge in [0.25, 0.3) is 0 Å². The first-order valence-corrected chi connectivity index (χ1v) is 5.68. The third kappa shape index (κ3) is 1.69. The van der Waals surface area contributed by atoms with E-state index < -0.39 is 5.97 Å². The normalized spacial score (nSPS) is 11.1. The van der Waals surface area contributed by atoms with Crippen molar-refractivity contribution in [1.82, 2.24) is 14.5 Å². The summed E-state index contributed by atoms with van der Waals surface area (Å²) >= 11 is 0. The molecule has 1 N–H and O–H groups in total. The first-order chi connectivity index (χ1) is 9.08. The van der Waals surface area contributed by atoms with Crippen molar-refractivity contribution in [2.75, 3.05) is 0 Å². The predicted molar refractivity (Wildman–Crippen MR) is 67.9 cm³/mol. The van der Waals surface area contributed by atoms with E-state index in [4.69, 9.17) is 4.42 Å². The molecule has 6 heteroatoms. The number of rotatable bonds is 2. The fraction of sp³-hybridized carbons (Fsp3) is 0.154. The highest BCUT2D eigenvalue weighted by Crippen LogP contribution is 2.26. The van der Waals surface area contributed by atoms with Gasteiger partial charge in [0.2, 0.25) is 0 Å². The highest BCUT2D eigenvalue weighted by molar-refractivity contribution is 5.94. The molecular weight excluding hydrogens is 246 g/mol. The van der Waals surface area contributed by atoms with Crippen molar-refractivity contribution in [3.63, 3.8) is 0 Å². The lowest BCUT2D eigenvalue weighted by Gasteiger charge is -2.01. The number of aromatic carboxylic acids is 1. The van der Waals surface area contributed by atoms with Crippen LogP contribution in [0.5, 0.6) is 0 Å². The molecule has 3 rings (SSSR count). The van der Waals surface area contributed by atoms with Crippen LogP contribution in [0, 0.1) is 6.92 Å². The molecule has 96 valence electrons. The van der Waals surface area contributed by atoms with E-state index in [0.29, 0.717) is 22.7 Å². The maximum Gasteiger partial charge on any atom is 0.354 e. The Bertz CT molecular complexity index is 786. The molecule has 2 heterocycles. The lowest BCUT2D eigenvalue weighted by Crippen LogP contribution is -2.06. The number of nitrogens with zero attached hydrogens (tertiary/aromatic N) is 3. The van der Waals surface area contributed by atoms with E-state index in [1.54, 1.807) is 36.7 Å². The summed E-state index contributed by atoms with van der Waals surface area (Å²) in [7, 11) is 1.68. The fourth-order valence-corrected chi connectivity index (χ4v) is 2.06. The largest absolute Gasteiger partial charge is 0.477 e. The van der Waals surface area contributed by atoms with Gasteiger partial charge in [-0.3, -0.25) is 0 Å². The highest BCUT2D eigenvalue weighted by atomic mass is 16.4. The molecule has 0 aliphatic carbocycles. The average molecular weight is 257 g/mol. The summed E-state index contributed by atoms with van der Waals surface area (Å²) in [5.41, 5.74) is 2.64. The predicted octanol–water partition coefficient (Wildman–Crippen LogP) is 2.23. The Morgan fingerprint density at radius 2 is 2.21 bits per heavy atom. The SMILES string of the molecule is Cc1nc(-c2ccc3ncoc3c2)c(C(=O)O)n1C. The second-order valence-corrected chi connectivity index (χ2v) is 4.26. The Labute approximate surface area is 108 Å². The van der Waals surface area contributed by atoms with E-state index in [0.717, 1.165) is 5.52 Å². The number of carboxylic acids is 1. The third-order valence-corrected chi connectivity index (χ3v) is 3.13. The molecule has 0 aliphatic rings. The van der Waals surface area contributed by atoms with E-state index in [9.17, 15) is 9.90 Å². The second-order valence-electron chi connectivity index (χ2n) is 4.26. The first kappa shape index (κ1) is 11.5. The molecule has 0 radical (unpaired) electrons. The van der Waals surface area contributed by atoms with Gasteiger partial charge in [0, 0.05) is 12.6 Å². The van der Waals surface area contributed by atoms with Gasteiger partial charge < -0.3 is 14.1 Å². The molecular formula is C13H11N3O3. The summed E-state index contributed by atoms with van der Waals surface area (Å²) in [5, 5.41) is 9.30. The number of aryl methyl sites for hydroxylation is 1. The number of aromatic nitrogens is 3. The van der Waals surface area contributed by atoms with Gasteiger partial charge in [-0.05, 0) is 19.1 Å². The van der Waals surface area contributed by atoms with Crippen molar-refractivity contribution < 1.29 is 14.3 Å². The Hall–Kier alpha value is -2.63. The topological polar surface area (TPSA) is 81.2 Å². The number of imidazole rings is 1. The quantitative estimate of drug-likeness (QED) is 0.761. The summed E-state index contributed by atoms with van der Waals surface area (Å²) in [5.74, 6) is -0.360. The Morgan fingerprint density at radius 3 is 2.95 bits per heavy atom. The van der Waals surface area contributed by atoms with Crippen LogP contribution in [0.4, 0.5) is 0 Å². The van der Waals surface area contributed by atoms with Crippen molar-refractivity contribution in [2.45, 2.75) is 6.92 Å². The van der Waals surface area contributed by atoms with E-state index >= 15 is 0 Å². The number of hydrogen-bond donors (Lipinski definition) is 1. The second kappa shape index (κ2) is 3.94. The molecule has 0 atom stereocenters. The van der Waals surface area contributed by atoms with Crippen molar-refractivity contribution in [3.8, 4) is 11.3 Å². The van der Waals surface area contributed by atoms with E-state index in [1.807, 2.05) is 0 Å². The fourth-order valence-electron chi connectivity index (χ4n) is 2.06. The van der Waals surface area contributed by atoms with Gasteiger partial charge >= 0.3 is 5.97 Å². The van der Waals surface area contributed by atoms with Crippen LogP contribution < -0.4 is 0 Å². The monoisotopic (exact) mass is 257 g/mol. The van der Waals surface area contributed by atoms with Crippen LogP contribution in [0.1, 0.15) is 16.3 Å². The molecule has 1 aromatic carbocycles. The van der Waals surface area contributed by atoms with Crippen LogP contribution in [-0.2, 0) is 7.05 Å². The lowest BCUT2D eigenvalue weighted by molar-refractivity contribution is 0.0687. The molecule has 6 nitrogen and oxygen atoms in total. The van der Waals surface area contributed by atoms with E-state index in [1.165, 1.54) is 6.39 Å². The number of benzene rings is 1. The highest BCUT2D eigenvalue weighted by Gasteiger charge is 2.20. The zero-order valence-corrected chi connectivity index (χ0v) is 10.4. The summed E-state index contributed by atoms with van der Waals surface area (Å²) in [6.07, 6.45) is 1.36. The lowest BCUT2D eigenvalue weighted by atomic mass is 10.1. The van der Waals surface area contributed by atoms with Crippen molar-refractivity contribution >= 4 is 17.1 Å². The van der Waals surface area contributed by atoms with Gasteiger partial charge in [-0.2, -0.15) is 0 Å². The van der Waals surface area contributed by atoms with Gasteiger partial charge in [-0.25, -0.2) is 14.8 Å². The van der Waals surface area contributed by atoms with Crippen LogP contribution in [0.2, 0.25) is 0 Å². The minimum absolute atomic E-state index is 0.163. The summed E-state index contributed by atoms with van der Waals surface area (Å²) in [6.45, 7) is 1.77. The molecule has 0 spiro atoms. The standard InChI is InChI=1S/C13H11N3O3/c1-7-15-11(12(13(17)18)16(7)2)8-3-4-9-10(5-8)19-6-14-9/h3-6H,1-2H3,(H,17,18). The van der Waals surface area contributed by atoms with Crippen molar-refractivity contribution in [3.05, 3.63) is 36.1 Å². The number of hydrogen-bond acceptors (Lipinski definition) is 4. The molecule has 0 saturated carbocycles. The van der Waals surface area contributed by atoms with Crippen LogP contribution in [0.3, 0.4) is 0 Å². The Balaban J connectivity index is 2.25. The average Bonchev–Trinajstić information content (AvgIpc) is 2.94. The minimum atomic E-state index is -1.00. The van der Waals surface area contributed by atoms with Gasteiger partial charge in [0.1, 0.15) is 17.0 Å². The molecule has 3 aromatic rings. The summed E-state index contributed by atoms with van der Waals surface area (Å²) in [6, 6.07) is 5.32. The number of carboxylic acid groups (broad SMARTS) is 1. The van der Waals surface area contributed by atoms with Crippen molar-refractivity contribution in [1.29, 1.82) is 0 Å². The molecule has 0 amide bonds. The summed E-state index contributed by atoms with van der Waals surface area (Å²) < 4.78 is 6.78. The maximum atomic E-state index is 11.3. The smallest absolute Gasteiger partial charge is 0.354 e. The van der Waals surface area contributed by atoms with E-state index in [-0.39, 0.29) is 5.69 Å². The van der Waals surface area contributed by atoms with E-state index in [2.05, 4.69) is 9.97 Å². The number of fused-ring (bicyclic) bond motifs is 1. The molecule has 0 fully saturated rings. The zero-order valence-electron chi connectivity index (χ0n) is 10.4. The van der Waals surface area contributed by atoms with Crippen LogP contribution in [0.15, 0.2) is 29.0 Å². The van der Waals surface area contributed by atoms with Crippen LogP contribution >= 0.6 is 0 Å². The molecule has 0 aliphatic heterocycles. The molecule has 19 heavy (non-hydrogen) atoms. The van der Waals surface area contributed by atoms with Crippen LogP contribution in [-0.4, -0.2) is 25.6 Å². The Kier molecular flexibility index (Phi) is 2.38. The van der Waals surface area contributed by atoms with Crippen LogP contribution in [0.25, 0.3) is 22.4 Å².